The maximum absolute atomic E-state index is 12.6. The van der Waals surface area contributed by atoms with Gasteiger partial charge < -0.3 is 10.2 Å². The van der Waals surface area contributed by atoms with Crippen molar-refractivity contribution in [2.75, 3.05) is 20.6 Å². The summed E-state index contributed by atoms with van der Waals surface area (Å²) in [6.45, 7) is 2.60. The van der Waals surface area contributed by atoms with Crippen LogP contribution >= 0.6 is 11.6 Å². The first-order valence-electron chi connectivity index (χ1n) is 8.51. The van der Waals surface area contributed by atoms with Gasteiger partial charge in [0.15, 0.2) is 0 Å². The number of carbonyl (C=O) groups excluding carboxylic acids is 1. The SMILES string of the molecule is Cc1ccc(C(CNC(=O)c2ccc3nc(Cl)ccc3c2)N(C)C)cc1. The lowest BCUT2D eigenvalue weighted by Gasteiger charge is -2.25. The summed E-state index contributed by atoms with van der Waals surface area (Å²) in [5.41, 5.74) is 3.79. The zero-order valence-corrected chi connectivity index (χ0v) is 15.9. The van der Waals surface area contributed by atoms with E-state index in [1.165, 1.54) is 11.1 Å². The Bertz CT molecular complexity index is 922. The number of benzene rings is 2. The number of carbonyl (C=O) groups is 1. The highest BCUT2D eigenvalue weighted by atomic mass is 35.5. The summed E-state index contributed by atoms with van der Waals surface area (Å²) < 4.78 is 0. The highest BCUT2D eigenvalue weighted by Crippen LogP contribution is 2.19. The third-order valence-electron chi connectivity index (χ3n) is 4.46. The zero-order valence-electron chi connectivity index (χ0n) is 15.2. The molecule has 0 fully saturated rings. The van der Waals surface area contributed by atoms with Crippen LogP contribution < -0.4 is 5.32 Å². The largest absolute Gasteiger partial charge is 0.350 e. The highest BCUT2D eigenvalue weighted by molar-refractivity contribution is 6.29. The molecule has 0 bridgehead atoms. The van der Waals surface area contributed by atoms with E-state index in [0.29, 0.717) is 17.3 Å². The number of nitrogens with zero attached hydrogens (tertiary/aromatic N) is 2. The molecule has 0 aliphatic rings. The molecule has 1 heterocycles. The first-order chi connectivity index (χ1) is 12.4. The molecule has 5 heteroatoms. The lowest BCUT2D eigenvalue weighted by molar-refractivity contribution is 0.0942. The van der Waals surface area contributed by atoms with Crippen LogP contribution in [0.1, 0.15) is 27.5 Å². The van der Waals surface area contributed by atoms with Gasteiger partial charge in [0.05, 0.1) is 11.6 Å². The molecule has 1 atom stereocenters. The van der Waals surface area contributed by atoms with Crippen LogP contribution in [0.3, 0.4) is 0 Å². The van der Waals surface area contributed by atoms with Crippen LogP contribution in [0.5, 0.6) is 0 Å². The van der Waals surface area contributed by atoms with Gasteiger partial charge in [0, 0.05) is 17.5 Å². The smallest absolute Gasteiger partial charge is 0.251 e. The number of hydrogen-bond acceptors (Lipinski definition) is 3. The van der Waals surface area contributed by atoms with Crippen LogP contribution in [0.2, 0.25) is 5.15 Å². The molecule has 0 saturated carbocycles. The Kier molecular flexibility index (Phi) is 5.55. The van der Waals surface area contributed by atoms with Crippen molar-refractivity contribution in [1.82, 2.24) is 15.2 Å². The fourth-order valence-corrected chi connectivity index (χ4v) is 3.07. The standard InChI is InChI=1S/C21H22ClN3O/c1-14-4-6-15(7-5-14)19(25(2)3)13-23-21(26)17-8-10-18-16(12-17)9-11-20(22)24-18/h4-12,19H,13H2,1-3H3,(H,23,26). The second-order valence-electron chi connectivity index (χ2n) is 6.64. The number of rotatable bonds is 5. The second-order valence-corrected chi connectivity index (χ2v) is 7.03. The third-order valence-corrected chi connectivity index (χ3v) is 4.67. The quantitative estimate of drug-likeness (QED) is 0.686. The normalized spacial score (nSPS) is 12.3. The first kappa shape index (κ1) is 18.4. The summed E-state index contributed by atoms with van der Waals surface area (Å²) >= 11 is 5.91. The van der Waals surface area contributed by atoms with Gasteiger partial charge in [-0.3, -0.25) is 4.79 Å². The molecule has 1 aromatic heterocycles. The Labute approximate surface area is 158 Å². The van der Waals surface area contributed by atoms with E-state index >= 15 is 0 Å². The van der Waals surface area contributed by atoms with Gasteiger partial charge in [-0.1, -0.05) is 41.4 Å². The van der Waals surface area contributed by atoms with Crippen molar-refractivity contribution in [3.05, 3.63) is 76.4 Å². The van der Waals surface area contributed by atoms with E-state index in [4.69, 9.17) is 11.6 Å². The minimum absolute atomic E-state index is 0.0965. The first-order valence-corrected chi connectivity index (χ1v) is 8.89. The van der Waals surface area contributed by atoms with Crippen molar-refractivity contribution < 1.29 is 4.79 Å². The monoisotopic (exact) mass is 367 g/mol. The summed E-state index contributed by atoms with van der Waals surface area (Å²) in [4.78, 5) is 18.9. The van der Waals surface area contributed by atoms with Crippen LogP contribution in [0.25, 0.3) is 10.9 Å². The van der Waals surface area contributed by atoms with Crippen LogP contribution in [-0.4, -0.2) is 36.4 Å². The Morgan fingerprint density at radius 3 is 2.54 bits per heavy atom. The molecule has 4 nitrogen and oxygen atoms in total. The molecule has 0 aliphatic heterocycles. The predicted molar refractivity (Wildman–Crippen MR) is 107 cm³/mol. The molecule has 0 saturated heterocycles. The number of nitrogens with one attached hydrogen (secondary N) is 1. The molecule has 2 aromatic carbocycles. The van der Waals surface area contributed by atoms with E-state index in [1.54, 1.807) is 12.1 Å². The Morgan fingerprint density at radius 1 is 1.12 bits per heavy atom. The number of aromatic nitrogens is 1. The van der Waals surface area contributed by atoms with Crippen LogP contribution in [-0.2, 0) is 0 Å². The fraction of sp³-hybridized carbons (Fsp3) is 0.238. The summed E-state index contributed by atoms with van der Waals surface area (Å²) in [6.07, 6.45) is 0. The molecule has 1 unspecified atom stereocenters. The van der Waals surface area contributed by atoms with Gasteiger partial charge in [-0.05, 0) is 56.9 Å². The number of pyridine rings is 1. The van der Waals surface area contributed by atoms with Crippen molar-refractivity contribution in [2.45, 2.75) is 13.0 Å². The van der Waals surface area contributed by atoms with E-state index in [-0.39, 0.29) is 11.9 Å². The number of hydrogen-bond donors (Lipinski definition) is 1. The Morgan fingerprint density at radius 2 is 1.85 bits per heavy atom. The van der Waals surface area contributed by atoms with Crippen molar-refractivity contribution >= 4 is 28.4 Å². The minimum atomic E-state index is -0.0965. The van der Waals surface area contributed by atoms with Gasteiger partial charge >= 0.3 is 0 Å². The number of amides is 1. The van der Waals surface area contributed by atoms with Crippen LogP contribution in [0.4, 0.5) is 0 Å². The predicted octanol–water partition coefficient (Wildman–Crippen LogP) is 4.23. The summed E-state index contributed by atoms with van der Waals surface area (Å²) in [6, 6.07) is 17.5. The lowest BCUT2D eigenvalue weighted by atomic mass is 10.0. The minimum Gasteiger partial charge on any atom is -0.350 e. The third kappa shape index (κ3) is 4.21. The van der Waals surface area contributed by atoms with Gasteiger partial charge in [0.2, 0.25) is 0 Å². The number of halogens is 1. The van der Waals surface area contributed by atoms with Crippen molar-refractivity contribution in [3.63, 3.8) is 0 Å². The Balaban J connectivity index is 1.74. The second kappa shape index (κ2) is 7.85. The molecular formula is C21H22ClN3O. The molecule has 3 rings (SSSR count). The molecule has 1 N–H and O–H groups in total. The number of fused-ring (bicyclic) bond motifs is 1. The summed E-state index contributed by atoms with van der Waals surface area (Å²) in [5, 5.41) is 4.38. The topological polar surface area (TPSA) is 45.2 Å². The maximum atomic E-state index is 12.6. The van der Waals surface area contributed by atoms with E-state index in [9.17, 15) is 4.79 Å². The van der Waals surface area contributed by atoms with Crippen molar-refractivity contribution in [3.8, 4) is 0 Å². The number of aryl methyl sites for hydroxylation is 1. The van der Waals surface area contributed by atoms with Crippen LogP contribution in [0, 0.1) is 6.92 Å². The number of likely N-dealkylation sites (N-methyl/N-ethyl adjacent to an activating group) is 1. The van der Waals surface area contributed by atoms with E-state index < -0.39 is 0 Å². The zero-order chi connectivity index (χ0) is 18.7. The van der Waals surface area contributed by atoms with E-state index in [0.717, 1.165) is 10.9 Å². The molecule has 26 heavy (non-hydrogen) atoms. The Hall–Kier alpha value is -2.43. The molecule has 1 amide bonds. The average molecular weight is 368 g/mol. The van der Waals surface area contributed by atoms with Gasteiger partial charge in [-0.15, -0.1) is 0 Å². The van der Waals surface area contributed by atoms with E-state index in [2.05, 4.69) is 46.4 Å². The molecule has 0 spiro atoms. The van der Waals surface area contributed by atoms with Crippen molar-refractivity contribution in [1.29, 1.82) is 0 Å². The molecular weight excluding hydrogens is 346 g/mol. The summed E-state index contributed by atoms with van der Waals surface area (Å²) in [7, 11) is 4.03. The molecule has 0 aliphatic carbocycles. The van der Waals surface area contributed by atoms with Gasteiger partial charge in [-0.25, -0.2) is 4.98 Å². The maximum Gasteiger partial charge on any atom is 0.251 e. The lowest BCUT2D eigenvalue weighted by Crippen LogP contribution is -2.34. The van der Waals surface area contributed by atoms with E-state index in [1.807, 2.05) is 32.3 Å². The van der Waals surface area contributed by atoms with Gasteiger partial charge in [0.25, 0.3) is 5.91 Å². The highest BCUT2D eigenvalue weighted by Gasteiger charge is 2.16. The van der Waals surface area contributed by atoms with Crippen molar-refractivity contribution in [2.24, 2.45) is 0 Å². The van der Waals surface area contributed by atoms with Gasteiger partial charge in [-0.2, -0.15) is 0 Å². The molecule has 3 aromatic rings. The molecule has 134 valence electrons. The average Bonchev–Trinajstić information content (AvgIpc) is 2.62. The van der Waals surface area contributed by atoms with Gasteiger partial charge in [0.1, 0.15) is 5.15 Å². The molecule has 0 radical (unpaired) electrons. The fourth-order valence-electron chi connectivity index (χ4n) is 2.92. The summed E-state index contributed by atoms with van der Waals surface area (Å²) in [5.74, 6) is -0.0965. The van der Waals surface area contributed by atoms with Crippen LogP contribution in [0.15, 0.2) is 54.6 Å².